The number of fused-ring (bicyclic) bond motifs is 1. The third kappa shape index (κ3) is 3.65. The Kier molecular flexibility index (Phi) is 4.63. The molecule has 0 aliphatic carbocycles. The molecule has 3 heterocycles. The van der Waals surface area contributed by atoms with Gasteiger partial charge in [-0.05, 0) is 37.6 Å². The van der Waals surface area contributed by atoms with Crippen LogP contribution in [0, 0.1) is 0 Å². The van der Waals surface area contributed by atoms with Crippen LogP contribution < -0.4 is 4.74 Å². The highest BCUT2D eigenvalue weighted by Crippen LogP contribution is 2.23. The zero-order valence-electron chi connectivity index (χ0n) is 14.0. The molecule has 2 aromatic rings. The van der Waals surface area contributed by atoms with Gasteiger partial charge in [-0.25, -0.2) is 4.68 Å². The van der Waals surface area contributed by atoms with Gasteiger partial charge in [0, 0.05) is 37.4 Å². The summed E-state index contributed by atoms with van der Waals surface area (Å²) >= 11 is 5.84. The maximum Gasteiger partial charge on any atom is 0.254 e. The number of halogens is 1. The van der Waals surface area contributed by atoms with Crippen LogP contribution in [0.4, 0.5) is 0 Å². The molecule has 0 unspecified atom stereocenters. The van der Waals surface area contributed by atoms with Crippen LogP contribution in [0.3, 0.4) is 0 Å². The standard InChI is InChI=1S/C18H21ClN4O2/c19-15-10-20-23(11-15)13-25-17-5-1-3-14(9-17)18(24)22-8-7-21-6-2-4-16(21)12-22/h1,3,5,9-11,16H,2,4,6-8,12-13H2/t16-/m1/s1. The van der Waals surface area contributed by atoms with Crippen molar-refractivity contribution in [1.82, 2.24) is 19.6 Å². The summed E-state index contributed by atoms with van der Waals surface area (Å²) in [6.07, 6.45) is 5.69. The minimum atomic E-state index is 0.0825. The zero-order valence-corrected chi connectivity index (χ0v) is 14.7. The SMILES string of the molecule is O=C(c1cccc(OCn2cc(Cl)cn2)c1)N1CCN2CCC[C@@H]2C1. The fraction of sp³-hybridized carbons (Fsp3) is 0.444. The molecule has 1 aromatic heterocycles. The molecule has 0 saturated carbocycles. The van der Waals surface area contributed by atoms with E-state index in [4.69, 9.17) is 16.3 Å². The van der Waals surface area contributed by atoms with Crippen LogP contribution in [0.15, 0.2) is 36.7 Å². The van der Waals surface area contributed by atoms with Crippen molar-refractivity contribution in [3.63, 3.8) is 0 Å². The molecule has 4 rings (SSSR count). The predicted octanol–water partition coefficient (Wildman–Crippen LogP) is 2.49. The fourth-order valence-corrected chi connectivity index (χ4v) is 3.78. The summed E-state index contributed by atoms with van der Waals surface area (Å²) in [7, 11) is 0. The minimum absolute atomic E-state index is 0.0825. The van der Waals surface area contributed by atoms with Gasteiger partial charge in [-0.2, -0.15) is 5.10 Å². The van der Waals surface area contributed by atoms with E-state index in [1.54, 1.807) is 23.1 Å². The van der Waals surface area contributed by atoms with Gasteiger partial charge in [0.1, 0.15) is 5.75 Å². The molecule has 0 N–H and O–H groups in total. The summed E-state index contributed by atoms with van der Waals surface area (Å²) in [4.78, 5) is 17.3. The van der Waals surface area contributed by atoms with Gasteiger partial charge >= 0.3 is 0 Å². The molecule has 2 saturated heterocycles. The molecule has 2 aliphatic rings. The Hall–Kier alpha value is -2.05. The molecule has 0 bridgehead atoms. The maximum absolute atomic E-state index is 12.8. The molecular formula is C18H21ClN4O2. The summed E-state index contributed by atoms with van der Waals surface area (Å²) < 4.78 is 7.32. The van der Waals surface area contributed by atoms with Crippen molar-refractivity contribution < 1.29 is 9.53 Å². The largest absolute Gasteiger partial charge is 0.471 e. The Morgan fingerprint density at radius 1 is 1.32 bits per heavy atom. The van der Waals surface area contributed by atoms with E-state index in [1.807, 2.05) is 23.1 Å². The van der Waals surface area contributed by atoms with Crippen LogP contribution in [0.1, 0.15) is 23.2 Å². The quantitative estimate of drug-likeness (QED) is 0.840. The molecular weight excluding hydrogens is 340 g/mol. The van der Waals surface area contributed by atoms with E-state index in [9.17, 15) is 4.79 Å². The molecule has 6 nitrogen and oxygen atoms in total. The summed E-state index contributed by atoms with van der Waals surface area (Å²) in [6.45, 7) is 4.03. The van der Waals surface area contributed by atoms with Crippen LogP contribution in [-0.2, 0) is 6.73 Å². The first-order chi connectivity index (χ1) is 12.2. The molecule has 1 amide bonds. The second-order valence-electron chi connectivity index (χ2n) is 6.58. The summed E-state index contributed by atoms with van der Waals surface area (Å²) in [5.74, 6) is 0.733. The van der Waals surface area contributed by atoms with E-state index in [2.05, 4.69) is 10.00 Å². The molecule has 25 heavy (non-hydrogen) atoms. The number of carbonyl (C=O) groups is 1. The van der Waals surface area contributed by atoms with Gasteiger partial charge in [-0.15, -0.1) is 0 Å². The van der Waals surface area contributed by atoms with E-state index in [0.29, 0.717) is 22.4 Å². The molecule has 7 heteroatoms. The Balaban J connectivity index is 1.40. The van der Waals surface area contributed by atoms with Gasteiger partial charge < -0.3 is 9.64 Å². The second-order valence-corrected chi connectivity index (χ2v) is 7.02. The molecule has 0 spiro atoms. The number of aromatic nitrogens is 2. The Bertz CT molecular complexity index is 763. The van der Waals surface area contributed by atoms with Crippen LogP contribution in [0.25, 0.3) is 0 Å². The van der Waals surface area contributed by atoms with Crippen LogP contribution in [-0.4, -0.2) is 57.7 Å². The number of ether oxygens (including phenoxy) is 1. The van der Waals surface area contributed by atoms with Gasteiger partial charge in [0.2, 0.25) is 0 Å². The number of piperazine rings is 1. The minimum Gasteiger partial charge on any atom is -0.471 e. The van der Waals surface area contributed by atoms with Gasteiger partial charge in [0.05, 0.1) is 11.2 Å². The van der Waals surface area contributed by atoms with Crippen molar-refractivity contribution in [1.29, 1.82) is 0 Å². The van der Waals surface area contributed by atoms with Crippen LogP contribution in [0.5, 0.6) is 5.75 Å². The highest BCUT2D eigenvalue weighted by atomic mass is 35.5. The lowest BCUT2D eigenvalue weighted by Gasteiger charge is -2.37. The first-order valence-electron chi connectivity index (χ1n) is 8.63. The number of carbonyl (C=O) groups excluding carboxylic acids is 1. The zero-order chi connectivity index (χ0) is 17.2. The van der Waals surface area contributed by atoms with Gasteiger partial charge in [-0.1, -0.05) is 17.7 Å². The predicted molar refractivity (Wildman–Crippen MR) is 94.8 cm³/mol. The summed E-state index contributed by atoms with van der Waals surface area (Å²) in [6, 6.07) is 7.87. The van der Waals surface area contributed by atoms with Crippen molar-refractivity contribution in [2.45, 2.75) is 25.6 Å². The van der Waals surface area contributed by atoms with Crippen molar-refractivity contribution in [3.05, 3.63) is 47.2 Å². The van der Waals surface area contributed by atoms with Gasteiger partial charge in [-0.3, -0.25) is 9.69 Å². The summed E-state index contributed by atoms with van der Waals surface area (Å²) in [5, 5.41) is 4.64. The van der Waals surface area contributed by atoms with Crippen LogP contribution >= 0.6 is 11.6 Å². The number of benzene rings is 1. The van der Waals surface area contributed by atoms with Crippen molar-refractivity contribution in [3.8, 4) is 5.75 Å². The van der Waals surface area contributed by atoms with Crippen molar-refractivity contribution >= 4 is 17.5 Å². The third-order valence-corrected chi connectivity index (χ3v) is 5.12. The lowest BCUT2D eigenvalue weighted by atomic mass is 10.1. The Morgan fingerprint density at radius 3 is 3.08 bits per heavy atom. The number of hydrogen-bond acceptors (Lipinski definition) is 4. The first-order valence-corrected chi connectivity index (χ1v) is 9.01. The average molecular weight is 361 g/mol. The van der Waals surface area contributed by atoms with E-state index in [0.717, 1.165) is 19.6 Å². The van der Waals surface area contributed by atoms with Crippen LogP contribution in [0.2, 0.25) is 5.02 Å². The monoisotopic (exact) mass is 360 g/mol. The maximum atomic E-state index is 12.8. The highest BCUT2D eigenvalue weighted by Gasteiger charge is 2.32. The Morgan fingerprint density at radius 2 is 2.24 bits per heavy atom. The van der Waals surface area contributed by atoms with E-state index in [-0.39, 0.29) is 12.6 Å². The van der Waals surface area contributed by atoms with Gasteiger partial charge in [0.15, 0.2) is 6.73 Å². The molecule has 132 valence electrons. The average Bonchev–Trinajstić information content (AvgIpc) is 3.27. The van der Waals surface area contributed by atoms with E-state index < -0.39 is 0 Å². The molecule has 1 atom stereocenters. The smallest absolute Gasteiger partial charge is 0.254 e. The number of amides is 1. The van der Waals surface area contributed by atoms with Gasteiger partial charge in [0.25, 0.3) is 5.91 Å². The highest BCUT2D eigenvalue weighted by molar-refractivity contribution is 6.30. The molecule has 0 radical (unpaired) electrons. The third-order valence-electron chi connectivity index (χ3n) is 4.92. The van der Waals surface area contributed by atoms with E-state index >= 15 is 0 Å². The number of nitrogens with zero attached hydrogens (tertiary/aromatic N) is 4. The first kappa shape index (κ1) is 16.4. The normalized spacial score (nSPS) is 20.5. The molecule has 2 aliphatic heterocycles. The lowest BCUT2D eigenvalue weighted by Crippen LogP contribution is -2.52. The fourth-order valence-electron chi connectivity index (χ4n) is 3.63. The van der Waals surface area contributed by atoms with Crippen molar-refractivity contribution in [2.24, 2.45) is 0 Å². The second kappa shape index (κ2) is 7.06. The Labute approximate surface area is 151 Å². The summed E-state index contributed by atoms with van der Waals surface area (Å²) in [5.41, 5.74) is 0.669. The van der Waals surface area contributed by atoms with E-state index in [1.165, 1.54) is 19.4 Å². The molecule has 1 aromatic carbocycles. The number of hydrogen-bond donors (Lipinski definition) is 0. The number of rotatable bonds is 4. The molecule has 2 fully saturated rings. The topological polar surface area (TPSA) is 50.6 Å². The lowest BCUT2D eigenvalue weighted by molar-refractivity contribution is 0.0571. The van der Waals surface area contributed by atoms with Crippen molar-refractivity contribution in [2.75, 3.05) is 26.2 Å².